The summed E-state index contributed by atoms with van der Waals surface area (Å²) in [6.07, 6.45) is 2.95. The van der Waals surface area contributed by atoms with Crippen LogP contribution in [0.25, 0.3) is 0 Å². The minimum Gasteiger partial charge on any atom is -0.506 e. The normalized spacial score (nSPS) is 19.9. The van der Waals surface area contributed by atoms with Crippen molar-refractivity contribution in [2.45, 2.75) is 25.3 Å². The van der Waals surface area contributed by atoms with E-state index in [0.717, 1.165) is 31.5 Å². The molecule has 20 heavy (non-hydrogen) atoms. The van der Waals surface area contributed by atoms with Gasteiger partial charge in [-0.25, -0.2) is 5.14 Å². The number of aromatic hydroxyl groups is 1. The molecule has 7 nitrogen and oxygen atoms in total. The van der Waals surface area contributed by atoms with Gasteiger partial charge in [0, 0.05) is 12.2 Å². The van der Waals surface area contributed by atoms with E-state index in [1.165, 1.54) is 12.1 Å². The number of piperidine rings is 1. The van der Waals surface area contributed by atoms with Crippen molar-refractivity contribution >= 4 is 21.6 Å². The largest absolute Gasteiger partial charge is 0.506 e. The number of aliphatic hydroxyl groups excluding tert-OH is 1. The minimum atomic E-state index is -3.94. The molecule has 1 atom stereocenters. The molecule has 1 aliphatic rings. The van der Waals surface area contributed by atoms with Crippen molar-refractivity contribution in [1.82, 2.24) is 0 Å². The number of hydrogen-bond donors (Lipinski definition) is 4. The lowest BCUT2D eigenvalue weighted by Crippen LogP contribution is -2.41. The van der Waals surface area contributed by atoms with Crippen LogP contribution >= 0.6 is 0 Å². The third kappa shape index (κ3) is 3.53. The Bertz CT molecular complexity index is 576. The Kier molecular flexibility index (Phi) is 4.36. The molecular formula is C12H19N3O4S. The fraction of sp³-hybridized carbons (Fsp3) is 0.500. The first-order valence-corrected chi connectivity index (χ1v) is 7.96. The molecule has 0 bridgehead atoms. The summed E-state index contributed by atoms with van der Waals surface area (Å²) in [5, 5.41) is 24.0. The maximum Gasteiger partial charge on any atom is 0.296 e. The molecular weight excluding hydrogens is 282 g/mol. The number of hydrogen-bond acceptors (Lipinski definition) is 5. The highest BCUT2D eigenvalue weighted by molar-refractivity contribution is 7.90. The first kappa shape index (κ1) is 14.9. The summed E-state index contributed by atoms with van der Waals surface area (Å²) in [4.78, 5) is 2.01. The van der Waals surface area contributed by atoms with Gasteiger partial charge < -0.3 is 15.1 Å². The van der Waals surface area contributed by atoms with E-state index in [4.69, 9.17) is 5.14 Å². The van der Waals surface area contributed by atoms with Gasteiger partial charge in [0.2, 0.25) is 0 Å². The van der Waals surface area contributed by atoms with Gasteiger partial charge in [0.05, 0.1) is 18.3 Å². The van der Waals surface area contributed by atoms with E-state index in [-0.39, 0.29) is 24.1 Å². The van der Waals surface area contributed by atoms with E-state index < -0.39 is 10.2 Å². The molecule has 2 rings (SSSR count). The highest BCUT2D eigenvalue weighted by Gasteiger charge is 2.22. The third-order valence-electron chi connectivity index (χ3n) is 3.40. The van der Waals surface area contributed by atoms with Gasteiger partial charge in [-0.2, -0.15) is 8.42 Å². The van der Waals surface area contributed by atoms with Gasteiger partial charge >= 0.3 is 0 Å². The Morgan fingerprint density at radius 3 is 2.80 bits per heavy atom. The van der Waals surface area contributed by atoms with E-state index in [1.807, 2.05) is 4.90 Å². The van der Waals surface area contributed by atoms with E-state index in [0.29, 0.717) is 0 Å². The first-order chi connectivity index (χ1) is 9.40. The lowest BCUT2D eigenvalue weighted by Gasteiger charge is -2.36. The predicted molar refractivity (Wildman–Crippen MR) is 76.9 cm³/mol. The standard InChI is InChI=1S/C12H19N3O4S/c13-20(18,19)14-11-7-9(4-5-12(11)17)15-6-2-1-3-10(15)8-16/h4-5,7,10,14,16-17H,1-3,6,8H2,(H2,13,18,19). The number of aliphatic hydroxyl groups is 1. The predicted octanol–water partition coefficient (Wildman–Crippen LogP) is 0.359. The Balaban J connectivity index is 2.30. The van der Waals surface area contributed by atoms with E-state index in [9.17, 15) is 18.6 Å². The van der Waals surface area contributed by atoms with Gasteiger partial charge in [0.1, 0.15) is 5.75 Å². The molecule has 0 amide bonds. The van der Waals surface area contributed by atoms with E-state index in [1.54, 1.807) is 6.07 Å². The summed E-state index contributed by atoms with van der Waals surface area (Å²) in [5.41, 5.74) is 0.778. The van der Waals surface area contributed by atoms with Crippen molar-refractivity contribution in [2.75, 3.05) is 22.8 Å². The van der Waals surface area contributed by atoms with Crippen LogP contribution in [0.5, 0.6) is 5.75 Å². The monoisotopic (exact) mass is 301 g/mol. The number of nitrogens with two attached hydrogens (primary N) is 1. The topological polar surface area (TPSA) is 116 Å². The van der Waals surface area contributed by atoms with Crippen LogP contribution in [-0.2, 0) is 10.2 Å². The first-order valence-electron chi connectivity index (χ1n) is 6.42. The molecule has 1 aromatic carbocycles. The smallest absolute Gasteiger partial charge is 0.296 e. The molecule has 0 aromatic heterocycles. The van der Waals surface area contributed by atoms with Gasteiger partial charge in [-0.1, -0.05) is 0 Å². The van der Waals surface area contributed by atoms with Gasteiger partial charge in [0.25, 0.3) is 10.2 Å². The lowest BCUT2D eigenvalue weighted by atomic mass is 10.0. The molecule has 0 spiro atoms. The number of anilines is 2. The van der Waals surface area contributed by atoms with Crippen LogP contribution < -0.4 is 14.8 Å². The Morgan fingerprint density at radius 1 is 1.40 bits per heavy atom. The molecule has 112 valence electrons. The van der Waals surface area contributed by atoms with Gasteiger partial charge in [-0.15, -0.1) is 0 Å². The highest BCUT2D eigenvalue weighted by Crippen LogP contribution is 2.32. The highest BCUT2D eigenvalue weighted by atomic mass is 32.2. The van der Waals surface area contributed by atoms with Crippen LogP contribution in [-0.4, -0.2) is 37.8 Å². The molecule has 1 aromatic rings. The molecule has 1 saturated heterocycles. The van der Waals surface area contributed by atoms with Crippen LogP contribution in [0.3, 0.4) is 0 Å². The van der Waals surface area contributed by atoms with Crippen LogP contribution in [0.15, 0.2) is 18.2 Å². The number of nitrogens with zero attached hydrogens (tertiary/aromatic N) is 1. The Morgan fingerprint density at radius 2 is 2.15 bits per heavy atom. The van der Waals surface area contributed by atoms with Crippen molar-refractivity contribution in [3.8, 4) is 5.75 Å². The third-order valence-corrected chi connectivity index (χ3v) is 3.91. The maximum atomic E-state index is 11.1. The summed E-state index contributed by atoms with van der Waals surface area (Å²) in [5.74, 6) is -0.194. The second kappa shape index (κ2) is 5.86. The molecule has 0 aliphatic carbocycles. The summed E-state index contributed by atoms with van der Waals surface area (Å²) in [7, 11) is -3.94. The molecule has 8 heteroatoms. The fourth-order valence-corrected chi connectivity index (χ4v) is 2.94. The zero-order valence-corrected chi connectivity index (χ0v) is 11.8. The molecule has 1 fully saturated rings. The SMILES string of the molecule is NS(=O)(=O)Nc1cc(N2CCCCC2CO)ccc1O. The molecule has 0 radical (unpaired) electrons. The average Bonchev–Trinajstić information content (AvgIpc) is 2.40. The summed E-state index contributed by atoms with van der Waals surface area (Å²) >= 11 is 0. The van der Waals surface area contributed by atoms with Gasteiger partial charge in [-0.05, 0) is 37.5 Å². The van der Waals surface area contributed by atoms with Crippen molar-refractivity contribution in [1.29, 1.82) is 0 Å². The number of benzene rings is 1. The zero-order chi connectivity index (χ0) is 14.8. The molecule has 1 unspecified atom stereocenters. The van der Waals surface area contributed by atoms with Crippen molar-refractivity contribution in [3.63, 3.8) is 0 Å². The molecule has 0 saturated carbocycles. The van der Waals surface area contributed by atoms with Gasteiger partial charge in [0.15, 0.2) is 0 Å². The quantitative estimate of drug-likeness (QED) is 0.599. The Hall–Kier alpha value is -1.51. The molecule has 1 aliphatic heterocycles. The average molecular weight is 301 g/mol. The number of phenols is 1. The van der Waals surface area contributed by atoms with Crippen LogP contribution in [0, 0.1) is 0 Å². The summed E-state index contributed by atoms with van der Waals surface area (Å²) < 4.78 is 24.2. The van der Waals surface area contributed by atoms with Crippen molar-refractivity contribution in [3.05, 3.63) is 18.2 Å². The number of nitrogens with one attached hydrogen (secondary N) is 1. The van der Waals surface area contributed by atoms with Crippen LogP contribution in [0.1, 0.15) is 19.3 Å². The van der Waals surface area contributed by atoms with Crippen molar-refractivity contribution < 1.29 is 18.6 Å². The van der Waals surface area contributed by atoms with Crippen LogP contribution in [0.4, 0.5) is 11.4 Å². The second-order valence-electron chi connectivity index (χ2n) is 4.87. The van der Waals surface area contributed by atoms with Crippen LogP contribution in [0.2, 0.25) is 0 Å². The molecule has 1 heterocycles. The maximum absolute atomic E-state index is 11.1. The van der Waals surface area contributed by atoms with E-state index in [2.05, 4.69) is 4.72 Å². The zero-order valence-electron chi connectivity index (χ0n) is 11.0. The van der Waals surface area contributed by atoms with Crippen molar-refractivity contribution in [2.24, 2.45) is 5.14 Å². The van der Waals surface area contributed by atoms with Gasteiger partial charge in [-0.3, -0.25) is 4.72 Å². The minimum absolute atomic E-state index is 0.00984. The molecule has 5 N–H and O–H groups in total. The summed E-state index contributed by atoms with van der Waals surface area (Å²) in [6, 6.07) is 4.63. The number of phenolic OH excluding ortho intramolecular Hbond substituents is 1. The Labute approximate surface area is 118 Å². The fourth-order valence-electron chi connectivity index (χ4n) is 2.47. The number of rotatable bonds is 4. The second-order valence-corrected chi connectivity index (χ2v) is 6.17. The van der Waals surface area contributed by atoms with E-state index >= 15 is 0 Å². The summed E-state index contributed by atoms with van der Waals surface area (Å²) in [6.45, 7) is 0.823. The lowest BCUT2D eigenvalue weighted by molar-refractivity contribution is 0.240.